The monoisotopic (exact) mass is 489 g/mol. The average molecular weight is 489 g/mol. The lowest BCUT2D eigenvalue weighted by atomic mass is 9.76. The maximum Gasteiger partial charge on any atom is 0.406 e. The Labute approximate surface area is 192 Å². The zero-order valence-corrected chi connectivity index (χ0v) is 18.5. The van der Waals surface area contributed by atoms with Crippen LogP contribution in [0.2, 0.25) is 0 Å². The van der Waals surface area contributed by atoms with E-state index in [-0.39, 0.29) is 16.9 Å². The zero-order valence-electron chi connectivity index (χ0n) is 18.5. The third-order valence-electron chi connectivity index (χ3n) is 6.35. The van der Waals surface area contributed by atoms with Crippen molar-refractivity contribution in [2.75, 3.05) is 19.0 Å². The topological polar surface area (TPSA) is 104 Å². The molecular formula is C22H24F5N3O4. The molecule has 4 N–H and O–H groups in total. The molecular weight excluding hydrogens is 465 g/mol. The van der Waals surface area contributed by atoms with Crippen molar-refractivity contribution < 1.29 is 41.7 Å². The van der Waals surface area contributed by atoms with Crippen LogP contribution in [0.1, 0.15) is 37.1 Å². The molecule has 34 heavy (non-hydrogen) atoms. The van der Waals surface area contributed by atoms with Crippen LogP contribution < -0.4 is 15.4 Å². The number of pyridine rings is 1. The molecule has 1 aliphatic rings. The second kappa shape index (κ2) is 9.43. The second-order valence-electron chi connectivity index (χ2n) is 8.28. The van der Waals surface area contributed by atoms with Gasteiger partial charge in [-0.05, 0) is 31.0 Å². The molecule has 0 bridgehead atoms. The Kier molecular flexibility index (Phi) is 7.15. The van der Waals surface area contributed by atoms with Gasteiger partial charge in [0.25, 0.3) is 0 Å². The van der Waals surface area contributed by atoms with Crippen LogP contribution in [0.15, 0.2) is 30.5 Å². The quantitative estimate of drug-likeness (QED) is 0.465. The number of ether oxygens (including phenoxy) is 1. The number of carbonyl (C=O) groups is 1. The fourth-order valence-corrected chi connectivity index (χ4v) is 4.22. The number of amides is 1. The van der Waals surface area contributed by atoms with E-state index >= 15 is 0 Å². The molecule has 0 spiro atoms. The van der Waals surface area contributed by atoms with Gasteiger partial charge in [0.15, 0.2) is 11.6 Å². The first kappa shape index (κ1) is 25.8. The van der Waals surface area contributed by atoms with Crippen molar-refractivity contribution in [1.82, 2.24) is 10.3 Å². The average Bonchev–Trinajstić information content (AvgIpc) is 3.07. The lowest BCUT2D eigenvalue weighted by Gasteiger charge is -2.33. The molecule has 12 heteroatoms. The lowest BCUT2D eigenvalue weighted by Crippen LogP contribution is -2.56. The van der Waals surface area contributed by atoms with Gasteiger partial charge in [-0.1, -0.05) is 13.0 Å². The number of hydrogen-bond acceptors (Lipinski definition) is 6. The Hall–Kier alpha value is -2.83. The highest BCUT2D eigenvalue weighted by Gasteiger charge is 2.64. The number of carbonyl (C=O) groups excluding carboxylic acids is 1. The number of halogens is 5. The van der Waals surface area contributed by atoms with Crippen LogP contribution >= 0.6 is 0 Å². The summed E-state index contributed by atoms with van der Waals surface area (Å²) in [5, 5.41) is 23.4. The normalized spacial score (nSPS) is 25.8. The molecule has 5 atom stereocenters. The number of aliphatic hydroxyl groups is 2. The molecule has 7 nitrogen and oxygen atoms in total. The van der Waals surface area contributed by atoms with Crippen LogP contribution in [0.5, 0.6) is 5.75 Å². The van der Waals surface area contributed by atoms with Gasteiger partial charge in [-0.2, -0.15) is 17.6 Å². The van der Waals surface area contributed by atoms with Crippen molar-refractivity contribution in [2.24, 2.45) is 5.92 Å². The zero-order chi connectivity index (χ0) is 25.4. The van der Waals surface area contributed by atoms with E-state index in [0.717, 1.165) is 26.2 Å². The number of nitrogens with zero attached hydrogens (tertiary/aromatic N) is 1. The summed E-state index contributed by atoms with van der Waals surface area (Å²) in [5.41, 5.74) is -2.37. The van der Waals surface area contributed by atoms with Crippen molar-refractivity contribution in [3.05, 3.63) is 53.4 Å². The maximum absolute atomic E-state index is 14.4. The summed E-state index contributed by atoms with van der Waals surface area (Å²) in [6.45, 7) is 1.60. The molecule has 2 aromatic rings. The van der Waals surface area contributed by atoms with Crippen LogP contribution in [0, 0.1) is 17.6 Å². The Morgan fingerprint density at radius 3 is 2.50 bits per heavy atom. The van der Waals surface area contributed by atoms with Crippen LogP contribution in [-0.4, -0.2) is 52.6 Å². The number of aromatic nitrogens is 1. The van der Waals surface area contributed by atoms with Crippen molar-refractivity contribution in [1.29, 1.82) is 0 Å². The van der Waals surface area contributed by atoms with E-state index in [1.54, 1.807) is 0 Å². The van der Waals surface area contributed by atoms with Gasteiger partial charge in [0.2, 0.25) is 11.7 Å². The first-order valence-corrected chi connectivity index (χ1v) is 10.3. The largest absolute Gasteiger partial charge is 0.493 e. The summed E-state index contributed by atoms with van der Waals surface area (Å²) in [5.74, 6) is -6.56. The van der Waals surface area contributed by atoms with E-state index in [1.165, 1.54) is 25.3 Å². The summed E-state index contributed by atoms with van der Waals surface area (Å²) in [7, 11) is 1.06. The molecule has 0 radical (unpaired) electrons. The van der Waals surface area contributed by atoms with Crippen LogP contribution in [0.3, 0.4) is 0 Å². The van der Waals surface area contributed by atoms with Crippen molar-refractivity contribution in [3.63, 3.8) is 0 Å². The van der Waals surface area contributed by atoms with Gasteiger partial charge in [0.1, 0.15) is 11.6 Å². The highest BCUT2D eigenvalue weighted by molar-refractivity contribution is 5.96. The Morgan fingerprint density at radius 1 is 1.29 bits per heavy atom. The van der Waals surface area contributed by atoms with E-state index in [2.05, 4.69) is 15.6 Å². The molecule has 1 aromatic carbocycles. The minimum Gasteiger partial charge on any atom is -0.493 e. The molecule has 1 aromatic heterocycles. The highest BCUT2D eigenvalue weighted by atomic mass is 19.4. The SMILES string of the molecule is COc1c([C@H]2[C@H](C(=O)Nc3ccc([C@@H](O)CO)nc3)N[C@@](C)(C(F)(F)F)[C@H]2C)ccc(F)c1F. The number of benzene rings is 1. The van der Waals surface area contributed by atoms with Gasteiger partial charge in [-0.25, -0.2) is 4.39 Å². The van der Waals surface area contributed by atoms with Gasteiger partial charge < -0.3 is 20.3 Å². The first-order chi connectivity index (χ1) is 15.9. The van der Waals surface area contributed by atoms with Crippen molar-refractivity contribution in [2.45, 2.75) is 43.6 Å². The third-order valence-corrected chi connectivity index (χ3v) is 6.35. The first-order valence-electron chi connectivity index (χ1n) is 10.3. The van der Waals surface area contributed by atoms with Crippen molar-refractivity contribution in [3.8, 4) is 5.75 Å². The van der Waals surface area contributed by atoms with Gasteiger partial charge in [-0.15, -0.1) is 0 Å². The molecule has 1 fully saturated rings. The van der Waals surface area contributed by atoms with Crippen molar-refractivity contribution >= 4 is 11.6 Å². The van der Waals surface area contributed by atoms with E-state index in [9.17, 15) is 31.9 Å². The van der Waals surface area contributed by atoms with E-state index < -0.39 is 65.6 Å². The van der Waals surface area contributed by atoms with E-state index in [1.807, 2.05) is 0 Å². The number of methoxy groups -OCH3 is 1. The highest BCUT2D eigenvalue weighted by Crippen LogP contribution is 2.51. The molecule has 0 unspecified atom stereocenters. The van der Waals surface area contributed by atoms with E-state index in [4.69, 9.17) is 9.84 Å². The fraction of sp³-hybridized carbons (Fsp3) is 0.455. The van der Waals surface area contributed by atoms with Crippen LogP contribution in [0.25, 0.3) is 0 Å². The van der Waals surface area contributed by atoms with Gasteiger partial charge in [0.05, 0.1) is 37.3 Å². The fourth-order valence-electron chi connectivity index (χ4n) is 4.22. The smallest absolute Gasteiger partial charge is 0.406 e. The van der Waals surface area contributed by atoms with Gasteiger partial charge in [-0.3, -0.25) is 15.1 Å². The molecule has 0 aliphatic carbocycles. The number of aliphatic hydroxyl groups excluding tert-OH is 2. The summed E-state index contributed by atoms with van der Waals surface area (Å²) in [4.78, 5) is 17.0. The number of anilines is 1. The standard InChI is InChI=1S/C22H24F5N3O4/c1-10-16(12-5-6-13(23)17(24)19(12)34-3)18(30-21(10,2)22(25,26)27)20(33)29-11-4-7-14(28-8-11)15(32)9-31/h4-8,10,15-16,18,30-32H,9H2,1-3H3,(H,29,33)/t10-,15-,16-,18+,21+/m0/s1. The Morgan fingerprint density at radius 2 is 1.97 bits per heavy atom. The number of rotatable bonds is 6. The van der Waals surface area contributed by atoms with Crippen LogP contribution in [0.4, 0.5) is 27.6 Å². The summed E-state index contributed by atoms with van der Waals surface area (Å²) < 4.78 is 75.1. The Balaban J connectivity index is 2.01. The predicted octanol–water partition coefficient (Wildman–Crippen LogP) is 3.05. The molecule has 1 amide bonds. The minimum absolute atomic E-state index is 0.0888. The van der Waals surface area contributed by atoms with E-state index in [0.29, 0.717) is 0 Å². The third kappa shape index (κ3) is 4.44. The maximum atomic E-state index is 14.4. The molecule has 1 aliphatic heterocycles. The summed E-state index contributed by atoms with van der Waals surface area (Å²) >= 11 is 0. The Bertz CT molecular complexity index is 1050. The van der Waals surface area contributed by atoms with Gasteiger partial charge in [0, 0.05) is 11.5 Å². The molecule has 0 saturated carbocycles. The predicted molar refractivity (Wildman–Crippen MR) is 111 cm³/mol. The molecule has 2 heterocycles. The van der Waals surface area contributed by atoms with Crippen LogP contribution in [-0.2, 0) is 4.79 Å². The number of alkyl halides is 3. The number of hydrogen-bond donors (Lipinski definition) is 4. The second-order valence-corrected chi connectivity index (χ2v) is 8.28. The lowest BCUT2D eigenvalue weighted by molar-refractivity contribution is -0.198. The van der Waals surface area contributed by atoms with Gasteiger partial charge >= 0.3 is 6.18 Å². The summed E-state index contributed by atoms with van der Waals surface area (Å²) in [6.07, 6.45) is -4.84. The molecule has 1 saturated heterocycles. The molecule has 186 valence electrons. The summed E-state index contributed by atoms with van der Waals surface area (Å²) in [6, 6.07) is 3.07. The minimum atomic E-state index is -4.77. The number of nitrogens with one attached hydrogen (secondary N) is 2. The molecule has 3 rings (SSSR count).